The summed E-state index contributed by atoms with van der Waals surface area (Å²) in [5.74, 6) is -0.821. The summed E-state index contributed by atoms with van der Waals surface area (Å²) in [6, 6.07) is 7.21. The SMILES string of the molecule is CCN(C[C@@]1(C)CCc2cc(-c3ncccn3)c(C)nc2N1)C(=O)[C@H](C)c1ccc(F)cc1F. The van der Waals surface area contributed by atoms with Gasteiger partial charge in [-0.1, -0.05) is 6.07 Å². The van der Waals surface area contributed by atoms with E-state index in [-0.39, 0.29) is 11.5 Å². The number of carbonyl (C=O) groups is 1. The van der Waals surface area contributed by atoms with Gasteiger partial charge in [-0.2, -0.15) is 0 Å². The fourth-order valence-electron chi connectivity index (χ4n) is 4.51. The molecule has 1 N–H and O–H groups in total. The van der Waals surface area contributed by atoms with Crippen LogP contribution in [0.5, 0.6) is 0 Å². The van der Waals surface area contributed by atoms with E-state index in [0.29, 0.717) is 18.9 Å². The number of halogens is 2. The van der Waals surface area contributed by atoms with Gasteiger partial charge < -0.3 is 10.2 Å². The number of aromatic nitrogens is 3. The van der Waals surface area contributed by atoms with E-state index in [0.717, 1.165) is 41.5 Å². The highest BCUT2D eigenvalue weighted by molar-refractivity contribution is 5.83. The number of amides is 1. The number of likely N-dealkylation sites (N-methyl/N-ethyl adjacent to an activating group) is 1. The molecule has 2 aromatic heterocycles. The Kier molecular flexibility index (Phi) is 6.59. The first-order valence-corrected chi connectivity index (χ1v) is 11.5. The fraction of sp³-hybridized carbons (Fsp3) is 0.385. The van der Waals surface area contributed by atoms with E-state index in [1.165, 1.54) is 12.1 Å². The van der Waals surface area contributed by atoms with E-state index in [9.17, 15) is 13.6 Å². The molecule has 0 spiro atoms. The van der Waals surface area contributed by atoms with Crippen molar-refractivity contribution in [3.8, 4) is 11.4 Å². The number of nitrogens with one attached hydrogen (secondary N) is 1. The van der Waals surface area contributed by atoms with Crippen LogP contribution in [0.4, 0.5) is 14.6 Å². The topological polar surface area (TPSA) is 71.0 Å². The molecule has 34 heavy (non-hydrogen) atoms. The first-order valence-electron chi connectivity index (χ1n) is 11.5. The summed E-state index contributed by atoms with van der Waals surface area (Å²) in [6.07, 6.45) is 5.01. The van der Waals surface area contributed by atoms with Gasteiger partial charge in [-0.05, 0) is 64.3 Å². The van der Waals surface area contributed by atoms with Gasteiger partial charge in [0.25, 0.3) is 0 Å². The highest BCUT2D eigenvalue weighted by Gasteiger charge is 2.35. The molecule has 1 aliphatic heterocycles. The number of hydrogen-bond donors (Lipinski definition) is 1. The van der Waals surface area contributed by atoms with Gasteiger partial charge in [0.2, 0.25) is 5.91 Å². The van der Waals surface area contributed by atoms with Crippen LogP contribution in [0.25, 0.3) is 11.4 Å². The molecule has 0 saturated heterocycles. The van der Waals surface area contributed by atoms with E-state index in [1.807, 2.05) is 13.8 Å². The Morgan fingerprint density at radius 2 is 1.97 bits per heavy atom. The van der Waals surface area contributed by atoms with Crippen molar-refractivity contribution in [1.29, 1.82) is 0 Å². The van der Waals surface area contributed by atoms with Gasteiger partial charge in [-0.3, -0.25) is 4.79 Å². The quantitative estimate of drug-likeness (QED) is 0.561. The van der Waals surface area contributed by atoms with Crippen LogP contribution in [0, 0.1) is 18.6 Å². The number of rotatable bonds is 6. The van der Waals surface area contributed by atoms with Crippen LogP contribution in [0.1, 0.15) is 49.9 Å². The number of pyridine rings is 1. The number of fused-ring (bicyclic) bond motifs is 1. The van der Waals surface area contributed by atoms with Crippen LogP contribution in [-0.4, -0.2) is 44.4 Å². The van der Waals surface area contributed by atoms with Crippen LogP contribution < -0.4 is 5.32 Å². The lowest BCUT2D eigenvalue weighted by Gasteiger charge is -2.40. The molecule has 0 saturated carbocycles. The molecule has 0 aliphatic carbocycles. The molecule has 6 nitrogen and oxygen atoms in total. The van der Waals surface area contributed by atoms with Crippen LogP contribution in [0.15, 0.2) is 42.7 Å². The molecule has 0 radical (unpaired) electrons. The molecule has 4 rings (SSSR count). The van der Waals surface area contributed by atoms with Gasteiger partial charge >= 0.3 is 0 Å². The van der Waals surface area contributed by atoms with Crippen LogP contribution in [0.2, 0.25) is 0 Å². The van der Waals surface area contributed by atoms with Gasteiger partial charge in [0.05, 0.1) is 17.2 Å². The molecular formula is C26H29F2N5O. The highest BCUT2D eigenvalue weighted by Crippen LogP contribution is 2.34. The predicted molar refractivity (Wildman–Crippen MR) is 127 cm³/mol. The van der Waals surface area contributed by atoms with Crippen molar-refractivity contribution in [2.45, 2.75) is 52.0 Å². The van der Waals surface area contributed by atoms with Crippen molar-refractivity contribution in [2.75, 3.05) is 18.4 Å². The van der Waals surface area contributed by atoms with Crippen molar-refractivity contribution in [2.24, 2.45) is 0 Å². The van der Waals surface area contributed by atoms with E-state index in [4.69, 9.17) is 4.98 Å². The molecule has 0 bridgehead atoms. The summed E-state index contributed by atoms with van der Waals surface area (Å²) < 4.78 is 27.6. The second-order valence-electron chi connectivity index (χ2n) is 9.13. The number of benzene rings is 1. The van der Waals surface area contributed by atoms with Gasteiger partial charge in [-0.25, -0.2) is 23.7 Å². The molecule has 0 fully saturated rings. The Morgan fingerprint density at radius 1 is 1.24 bits per heavy atom. The van der Waals surface area contributed by atoms with Crippen molar-refractivity contribution >= 4 is 11.7 Å². The Labute approximate surface area is 198 Å². The van der Waals surface area contributed by atoms with Crippen molar-refractivity contribution in [1.82, 2.24) is 19.9 Å². The summed E-state index contributed by atoms with van der Waals surface area (Å²) in [4.78, 5) is 28.4. The fourth-order valence-corrected chi connectivity index (χ4v) is 4.51. The summed E-state index contributed by atoms with van der Waals surface area (Å²) in [7, 11) is 0. The molecular weight excluding hydrogens is 436 g/mol. The predicted octanol–water partition coefficient (Wildman–Crippen LogP) is 4.89. The number of nitrogens with zero attached hydrogens (tertiary/aromatic N) is 4. The summed E-state index contributed by atoms with van der Waals surface area (Å²) in [6.45, 7) is 8.48. The molecule has 1 aromatic carbocycles. The Morgan fingerprint density at radius 3 is 2.65 bits per heavy atom. The molecule has 178 valence electrons. The zero-order chi connectivity index (χ0) is 24.5. The maximum Gasteiger partial charge on any atom is 0.230 e. The van der Waals surface area contributed by atoms with E-state index in [1.54, 1.807) is 30.3 Å². The minimum absolute atomic E-state index is 0.192. The lowest BCUT2D eigenvalue weighted by atomic mass is 9.87. The number of carbonyl (C=O) groups excluding carboxylic acids is 1. The monoisotopic (exact) mass is 465 g/mol. The third kappa shape index (κ3) is 4.76. The second kappa shape index (κ2) is 9.44. The molecule has 1 amide bonds. The van der Waals surface area contributed by atoms with Gasteiger partial charge in [-0.15, -0.1) is 0 Å². The molecule has 8 heteroatoms. The number of hydrogen-bond acceptors (Lipinski definition) is 5. The molecule has 2 atom stereocenters. The Balaban J connectivity index is 1.52. The zero-order valence-electron chi connectivity index (χ0n) is 19.9. The third-order valence-electron chi connectivity index (χ3n) is 6.50. The van der Waals surface area contributed by atoms with Crippen molar-refractivity contribution < 1.29 is 13.6 Å². The highest BCUT2D eigenvalue weighted by atomic mass is 19.1. The van der Waals surface area contributed by atoms with Gasteiger partial charge in [0, 0.05) is 42.7 Å². The minimum Gasteiger partial charge on any atom is -0.363 e. The second-order valence-corrected chi connectivity index (χ2v) is 9.13. The third-order valence-corrected chi connectivity index (χ3v) is 6.50. The average molecular weight is 466 g/mol. The molecule has 3 aromatic rings. The minimum atomic E-state index is -0.714. The van der Waals surface area contributed by atoms with E-state index >= 15 is 0 Å². The first-order chi connectivity index (χ1) is 16.2. The summed E-state index contributed by atoms with van der Waals surface area (Å²) >= 11 is 0. The normalized spacial score (nSPS) is 18.1. The van der Waals surface area contributed by atoms with Crippen LogP contribution in [0.3, 0.4) is 0 Å². The van der Waals surface area contributed by atoms with Crippen LogP contribution >= 0.6 is 0 Å². The van der Waals surface area contributed by atoms with Crippen molar-refractivity contribution in [3.63, 3.8) is 0 Å². The smallest absolute Gasteiger partial charge is 0.230 e. The maximum absolute atomic E-state index is 14.3. The van der Waals surface area contributed by atoms with E-state index < -0.39 is 23.1 Å². The molecule has 0 unspecified atom stereocenters. The standard InChI is InChI=1S/C26H29F2N5O/c1-5-33(25(34)16(2)20-8-7-19(27)14-22(20)28)15-26(4)10-9-18-13-21(17(3)31-23(18)32-26)24-29-11-6-12-30-24/h6-8,11-14,16H,5,9-10,15H2,1-4H3,(H,31,32)/t16-,26-/m1/s1. The Hall–Kier alpha value is -3.42. The lowest BCUT2D eigenvalue weighted by molar-refractivity contribution is -0.133. The number of anilines is 1. The maximum atomic E-state index is 14.3. The van der Waals surface area contributed by atoms with Crippen molar-refractivity contribution in [3.05, 3.63) is 71.2 Å². The van der Waals surface area contributed by atoms with Crippen LogP contribution in [-0.2, 0) is 11.2 Å². The molecule has 1 aliphatic rings. The summed E-state index contributed by atoms with van der Waals surface area (Å²) in [5, 5.41) is 3.54. The first kappa shape index (κ1) is 23.7. The lowest BCUT2D eigenvalue weighted by Crippen LogP contribution is -2.51. The summed E-state index contributed by atoms with van der Waals surface area (Å²) in [5.41, 5.74) is 2.62. The zero-order valence-corrected chi connectivity index (χ0v) is 19.9. The Bertz CT molecular complexity index is 1200. The molecule has 3 heterocycles. The van der Waals surface area contributed by atoms with E-state index in [2.05, 4.69) is 28.3 Å². The van der Waals surface area contributed by atoms with Gasteiger partial charge in [0.1, 0.15) is 17.5 Å². The average Bonchev–Trinajstić information content (AvgIpc) is 2.82. The largest absolute Gasteiger partial charge is 0.363 e. The van der Waals surface area contributed by atoms with Gasteiger partial charge in [0.15, 0.2) is 5.82 Å². The number of aryl methyl sites for hydroxylation is 2.